The van der Waals surface area contributed by atoms with Gasteiger partial charge >= 0.3 is 6.18 Å². The van der Waals surface area contributed by atoms with Crippen LogP contribution in [0.25, 0.3) is 16.9 Å². The van der Waals surface area contributed by atoms with Gasteiger partial charge in [0, 0.05) is 18.9 Å². The monoisotopic (exact) mass is 358 g/mol. The summed E-state index contributed by atoms with van der Waals surface area (Å²) in [6.45, 7) is -0.250. The van der Waals surface area contributed by atoms with Crippen LogP contribution in [0.2, 0.25) is 0 Å². The Kier molecular flexibility index (Phi) is 4.38. The van der Waals surface area contributed by atoms with Crippen LogP contribution in [0.15, 0.2) is 30.6 Å². The molecule has 0 aliphatic carbocycles. The molecule has 0 N–H and O–H groups in total. The first-order valence-corrected chi connectivity index (χ1v) is 6.99. The maximum absolute atomic E-state index is 13.0. The van der Waals surface area contributed by atoms with Crippen molar-refractivity contribution in [1.29, 1.82) is 0 Å². The average molecular weight is 358 g/mol. The Morgan fingerprint density at radius 3 is 2.60 bits per heavy atom. The van der Waals surface area contributed by atoms with Crippen molar-refractivity contribution in [3.63, 3.8) is 0 Å². The van der Waals surface area contributed by atoms with Crippen molar-refractivity contribution in [3.05, 3.63) is 47.5 Å². The summed E-state index contributed by atoms with van der Waals surface area (Å²) in [5.41, 5.74) is -0.247. The van der Waals surface area contributed by atoms with E-state index in [-0.39, 0.29) is 23.5 Å². The third-order valence-electron chi connectivity index (χ3n) is 3.52. The molecule has 0 unspecified atom stereocenters. The van der Waals surface area contributed by atoms with Crippen molar-refractivity contribution in [2.75, 3.05) is 7.11 Å². The number of benzene rings is 1. The van der Waals surface area contributed by atoms with Crippen molar-refractivity contribution in [2.45, 2.75) is 19.2 Å². The number of alkyl halides is 5. The SMILES string of the molecule is COCc1cc(-c2cn3c(C(F)F)nnc3cn2)ccc1C(F)(F)F. The molecule has 3 rings (SSSR count). The molecular formula is C15H11F5N4O. The molecule has 0 aliphatic heterocycles. The van der Waals surface area contributed by atoms with E-state index >= 15 is 0 Å². The van der Waals surface area contributed by atoms with Gasteiger partial charge in [0.25, 0.3) is 6.43 Å². The Morgan fingerprint density at radius 1 is 1.20 bits per heavy atom. The number of hydrogen-bond donors (Lipinski definition) is 0. The molecule has 5 nitrogen and oxygen atoms in total. The zero-order valence-corrected chi connectivity index (χ0v) is 12.8. The normalized spacial score (nSPS) is 12.3. The smallest absolute Gasteiger partial charge is 0.380 e. The van der Waals surface area contributed by atoms with Crippen LogP contribution in [-0.2, 0) is 17.5 Å². The van der Waals surface area contributed by atoms with E-state index in [0.29, 0.717) is 5.56 Å². The molecule has 0 saturated carbocycles. The molecule has 0 saturated heterocycles. The number of ether oxygens (including phenoxy) is 1. The third kappa shape index (κ3) is 3.29. The molecule has 25 heavy (non-hydrogen) atoms. The fraction of sp³-hybridized carbons (Fsp3) is 0.267. The van der Waals surface area contributed by atoms with Gasteiger partial charge in [-0.2, -0.15) is 13.2 Å². The topological polar surface area (TPSA) is 52.3 Å². The van der Waals surface area contributed by atoms with E-state index in [1.54, 1.807) is 0 Å². The molecule has 3 aromatic rings. The first-order chi connectivity index (χ1) is 11.8. The highest BCUT2D eigenvalue weighted by Gasteiger charge is 2.33. The van der Waals surface area contributed by atoms with Gasteiger partial charge in [0.1, 0.15) is 0 Å². The van der Waals surface area contributed by atoms with Crippen LogP contribution in [0.5, 0.6) is 0 Å². The Labute approximate surface area is 138 Å². The highest BCUT2D eigenvalue weighted by molar-refractivity contribution is 5.62. The molecule has 0 fully saturated rings. The molecule has 0 aliphatic rings. The third-order valence-corrected chi connectivity index (χ3v) is 3.52. The number of hydrogen-bond acceptors (Lipinski definition) is 4. The van der Waals surface area contributed by atoms with E-state index in [1.165, 1.54) is 31.6 Å². The largest absolute Gasteiger partial charge is 0.416 e. The summed E-state index contributed by atoms with van der Waals surface area (Å²) in [5, 5.41) is 6.95. The van der Waals surface area contributed by atoms with Crippen LogP contribution in [0.3, 0.4) is 0 Å². The molecule has 0 atom stereocenters. The van der Waals surface area contributed by atoms with Gasteiger partial charge in [0.2, 0.25) is 5.82 Å². The van der Waals surface area contributed by atoms with Crippen LogP contribution >= 0.6 is 0 Å². The summed E-state index contributed by atoms with van der Waals surface area (Å²) in [6.07, 6.45) is -4.89. The number of fused-ring (bicyclic) bond motifs is 1. The van der Waals surface area contributed by atoms with Gasteiger partial charge in [-0.3, -0.25) is 9.38 Å². The lowest BCUT2D eigenvalue weighted by atomic mass is 10.0. The van der Waals surface area contributed by atoms with Crippen LogP contribution in [0, 0.1) is 0 Å². The molecule has 0 amide bonds. The molecule has 132 valence electrons. The molecule has 1 aromatic carbocycles. The number of nitrogens with zero attached hydrogens (tertiary/aromatic N) is 4. The summed E-state index contributed by atoms with van der Waals surface area (Å²) in [6, 6.07) is 3.41. The number of methoxy groups -OCH3 is 1. The zero-order chi connectivity index (χ0) is 18.2. The molecule has 0 radical (unpaired) electrons. The van der Waals surface area contributed by atoms with Crippen molar-refractivity contribution in [3.8, 4) is 11.3 Å². The molecule has 0 spiro atoms. The maximum Gasteiger partial charge on any atom is 0.416 e. The van der Waals surface area contributed by atoms with E-state index < -0.39 is 24.0 Å². The van der Waals surface area contributed by atoms with Crippen LogP contribution < -0.4 is 0 Å². The lowest BCUT2D eigenvalue weighted by Gasteiger charge is -2.14. The molecule has 2 aromatic heterocycles. The van der Waals surface area contributed by atoms with Crippen LogP contribution in [-0.4, -0.2) is 26.7 Å². The van der Waals surface area contributed by atoms with Gasteiger partial charge in [-0.1, -0.05) is 6.07 Å². The van der Waals surface area contributed by atoms with Crippen molar-refractivity contribution in [2.24, 2.45) is 0 Å². The van der Waals surface area contributed by atoms with Gasteiger partial charge in [0.05, 0.1) is 24.1 Å². The maximum atomic E-state index is 13.0. The Morgan fingerprint density at radius 2 is 1.96 bits per heavy atom. The minimum atomic E-state index is -4.53. The predicted octanol–water partition coefficient (Wildman–Crippen LogP) is 3.89. The Hall–Kier alpha value is -2.62. The number of rotatable bonds is 4. The van der Waals surface area contributed by atoms with E-state index in [2.05, 4.69) is 15.2 Å². The fourth-order valence-corrected chi connectivity index (χ4v) is 2.42. The average Bonchev–Trinajstić information content (AvgIpc) is 2.97. The van der Waals surface area contributed by atoms with Gasteiger partial charge < -0.3 is 4.74 Å². The first kappa shape index (κ1) is 17.2. The van der Waals surface area contributed by atoms with Crippen molar-refractivity contribution in [1.82, 2.24) is 19.6 Å². The molecule has 2 heterocycles. The standard InChI is InChI=1S/C15H11F5N4O/c1-25-7-9-4-8(2-3-10(9)15(18,19)20)11-6-24-12(5-21-11)22-23-14(24)13(16)17/h2-6,13H,7H2,1H3. The molecular weight excluding hydrogens is 347 g/mol. The minimum absolute atomic E-state index is 0.0766. The Bertz CT molecular complexity index is 907. The minimum Gasteiger partial charge on any atom is -0.380 e. The quantitative estimate of drug-likeness (QED) is 0.664. The van der Waals surface area contributed by atoms with Crippen molar-refractivity contribution >= 4 is 5.65 Å². The van der Waals surface area contributed by atoms with Crippen LogP contribution in [0.4, 0.5) is 22.0 Å². The second-order valence-electron chi connectivity index (χ2n) is 5.16. The summed E-state index contributed by atoms with van der Waals surface area (Å²) in [5.74, 6) is -0.567. The van der Waals surface area contributed by atoms with E-state index in [1.807, 2.05) is 0 Å². The van der Waals surface area contributed by atoms with E-state index in [0.717, 1.165) is 10.5 Å². The molecule has 10 heteroatoms. The summed E-state index contributed by atoms with van der Waals surface area (Å²) >= 11 is 0. The van der Waals surface area contributed by atoms with Crippen LogP contribution in [0.1, 0.15) is 23.4 Å². The number of halogens is 5. The first-order valence-electron chi connectivity index (χ1n) is 6.99. The van der Waals surface area contributed by atoms with Gasteiger partial charge in [0.15, 0.2) is 5.65 Å². The van der Waals surface area contributed by atoms with Gasteiger partial charge in [-0.25, -0.2) is 8.78 Å². The second-order valence-corrected chi connectivity index (χ2v) is 5.16. The van der Waals surface area contributed by atoms with Gasteiger partial charge in [-0.05, 0) is 17.7 Å². The van der Waals surface area contributed by atoms with E-state index in [4.69, 9.17) is 4.74 Å². The molecule has 0 bridgehead atoms. The van der Waals surface area contributed by atoms with Crippen molar-refractivity contribution < 1.29 is 26.7 Å². The highest BCUT2D eigenvalue weighted by atomic mass is 19.4. The highest BCUT2D eigenvalue weighted by Crippen LogP contribution is 2.34. The summed E-state index contributed by atoms with van der Waals surface area (Å²) in [7, 11) is 1.28. The number of aromatic nitrogens is 4. The summed E-state index contributed by atoms with van der Waals surface area (Å²) in [4.78, 5) is 4.05. The van der Waals surface area contributed by atoms with Gasteiger partial charge in [-0.15, -0.1) is 10.2 Å². The second kappa shape index (κ2) is 6.36. The lowest BCUT2D eigenvalue weighted by molar-refractivity contribution is -0.138. The fourth-order valence-electron chi connectivity index (χ4n) is 2.42. The zero-order valence-electron chi connectivity index (χ0n) is 12.8. The predicted molar refractivity (Wildman–Crippen MR) is 76.9 cm³/mol. The van der Waals surface area contributed by atoms with E-state index in [9.17, 15) is 22.0 Å². The Balaban J connectivity index is 2.11. The summed E-state index contributed by atoms with van der Waals surface area (Å²) < 4.78 is 70.8. The lowest BCUT2D eigenvalue weighted by Crippen LogP contribution is -2.10.